The van der Waals surface area contributed by atoms with Gasteiger partial charge in [0.2, 0.25) is 16.9 Å². The fourth-order valence-corrected chi connectivity index (χ4v) is 5.70. The summed E-state index contributed by atoms with van der Waals surface area (Å²) >= 11 is 1.30. The molecule has 35 heavy (non-hydrogen) atoms. The van der Waals surface area contributed by atoms with Crippen LogP contribution >= 0.6 is 11.3 Å². The van der Waals surface area contributed by atoms with Crippen molar-refractivity contribution in [3.8, 4) is 11.6 Å². The molecule has 10 heteroatoms. The van der Waals surface area contributed by atoms with Crippen LogP contribution in [0.4, 0.5) is 10.9 Å². The van der Waals surface area contributed by atoms with E-state index in [1.165, 1.54) is 11.3 Å². The SMILES string of the molecule is CC(C)(C(=O)Nc1nncs1)[C@H]1c2ccccc2Oc2nc(N3CCC4(CC3)OCCO4)ccc21. The van der Waals surface area contributed by atoms with E-state index >= 15 is 0 Å². The third kappa shape index (κ3) is 3.95. The van der Waals surface area contributed by atoms with E-state index in [2.05, 4.69) is 20.4 Å². The molecule has 2 aromatic heterocycles. The molecule has 0 aliphatic carbocycles. The van der Waals surface area contributed by atoms with Gasteiger partial charge >= 0.3 is 0 Å². The molecule has 6 rings (SSSR count). The number of carbonyl (C=O) groups is 1. The van der Waals surface area contributed by atoms with Crippen molar-refractivity contribution in [2.45, 2.75) is 38.4 Å². The summed E-state index contributed by atoms with van der Waals surface area (Å²) in [6.45, 7) is 6.80. The molecule has 0 unspecified atom stereocenters. The van der Waals surface area contributed by atoms with E-state index in [1.54, 1.807) is 5.51 Å². The highest BCUT2D eigenvalue weighted by molar-refractivity contribution is 7.13. The second kappa shape index (κ2) is 8.54. The molecule has 182 valence electrons. The number of piperidine rings is 1. The van der Waals surface area contributed by atoms with Crippen LogP contribution in [-0.4, -0.2) is 53.2 Å². The minimum absolute atomic E-state index is 0.135. The zero-order valence-corrected chi connectivity index (χ0v) is 20.5. The van der Waals surface area contributed by atoms with Gasteiger partial charge in [0.25, 0.3) is 0 Å². The summed E-state index contributed by atoms with van der Waals surface area (Å²) in [7, 11) is 0. The molecule has 1 atom stereocenters. The maximum absolute atomic E-state index is 13.4. The lowest BCUT2D eigenvalue weighted by molar-refractivity contribution is -0.169. The van der Waals surface area contributed by atoms with Crippen LogP contribution in [0, 0.1) is 5.41 Å². The predicted octanol–water partition coefficient (Wildman–Crippen LogP) is 4.18. The Morgan fingerprint density at radius 2 is 1.89 bits per heavy atom. The zero-order valence-electron chi connectivity index (χ0n) is 19.7. The fourth-order valence-electron chi connectivity index (χ4n) is 5.26. The Morgan fingerprint density at radius 1 is 1.11 bits per heavy atom. The van der Waals surface area contributed by atoms with Crippen molar-refractivity contribution in [3.05, 3.63) is 53.0 Å². The standard InChI is InChI=1S/C25H27N5O4S/c1-24(2,22(31)28-23-29-26-15-35-23)20-16-5-3-4-6-18(16)34-21-17(20)7-8-19(27-21)30-11-9-25(10-12-30)32-13-14-33-25/h3-8,15,20H,9-14H2,1-2H3,(H,28,29,31)/t20-/m0/s1. The molecule has 2 saturated heterocycles. The van der Waals surface area contributed by atoms with Crippen molar-refractivity contribution in [1.29, 1.82) is 0 Å². The minimum Gasteiger partial charge on any atom is -0.438 e. The van der Waals surface area contributed by atoms with Gasteiger partial charge in [-0.3, -0.25) is 4.79 Å². The number of benzene rings is 1. The molecule has 0 saturated carbocycles. The number of aromatic nitrogens is 3. The summed E-state index contributed by atoms with van der Waals surface area (Å²) in [5.74, 6) is 1.29. The minimum atomic E-state index is -0.807. The van der Waals surface area contributed by atoms with Gasteiger partial charge in [0.15, 0.2) is 5.79 Å². The van der Waals surface area contributed by atoms with E-state index in [-0.39, 0.29) is 11.8 Å². The lowest BCUT2D eigenvalue weighted by Gasteiger charge is -2.39. The lowest BCUT2D eigenvalue weighted by atomic mass is 9.70. The number of nitrogens with one attached hydrogen (secondary N) is 1. The Balaban J connectivity index is 1.31. The van der Waals surface area contributed by atoms with Crippen LogP contribution in [-0.2, 0) is 14.3 Å². The van der Waals surface area contributed by atoms with E-state index in [0.29, 0.717) is 24.2 Å². The molecule has 3 aliphatic heterocycles. The number of carbonyl (C=O) groups excluding carboxylic acids is 1. The van der Waals surface area contributed by atoms with Gasteiger partial charge in [0.1, 0.15) is 17.1 Å². The molecular formula is C25H27N5O4S. The number of ether oxygens (including phenoxy) is 3. The van der Waals surface area contributed by atoms with Crippen LogP contribution in [0.1, 0.15) is 43.7 Å². The molecule has 3 aliphatic rings. The number of pyridine rings is 1. The summed E-state index contributed by atoms with van der Waals surface area (Å²) in [6.07, 6.45) is 1.60. The first-order chi connectivity index (χ1) is 17.0. The van der Waals surface area contributed by atoms with E-state index in [4.69, 9.17) is 19.2 Å². The number of hydrogen-bond acceptors (Lipinski definition) is 9. The highest BCUT2D eigenvalue weighted by Gasteiger charge is 2.45. The molecule has 1 amide bonds. The van der Waals surface area contributed by atoms with Crippen molar-refractivity contribution in [3.63, 3.8) is 0 Å². The Labute approximate surface area is 207 Å². The quantitative estimate of drug-likeness (QED) is 0.578. The first-order valence-corrected chi connectivity index (χ1v) is 12.7. The third-order valence-corrected chi connectivity index (χ3v) is 7.78. The molecule has 1 aromatic carbocycles. The molecule has 9 nitrogen and oxygen atoms in total. The summed E-state index contributed by atoms with van der Waals surface area (Å²) < 4.78 is 18.0. The van der Waals surface area contributed by atoms with E-state index in [1.807, 2.05) is 50.2 Å². The second-order valence-corrected chi connectivity index (χ2v) is 10.5. The average Bonchev–Trinajstić information content (AvgIpc) is 3.55. The Morgan fingerprint density at radius 3 is 2.63 bits per heavy atom. The van der Waals surface area contributed by atoms with Gasteiger partial charge in [-0.25, -0.2) is 0 Å². The monoisotopic (exact) mass is 493 g/mol. The van der Waals surface area contributed by atoms with Crippen molar-refractivity contribution in [2.75, 3.05) is 36.5 Å². The maximum atomic E-state index is 13.4. The largest absolute Gasteiger partial charge is 0.438 e. The zero-order chi connectivity index (χ0) is 24.0. The Hall–Kier alpha value is -3.08. The van der Waals surface area contributed by atoms with E-state index < -0.39 is 11.2 Å². The van der Waals surface area contributed by atoms with Gasteiger partial charge in [-0.05, 0) is 18.2 Å². The first-order valence-electron chi connectivity index (χ1n) is 11.8. The van der Waals surface area contributed by atoms with Crippen LogP contribution in [0.15, 0.2) is 41.9 Å². The topological polar surface area (TPSA) is 98.7 Å². The molecule has 5 heterocycles. The summed E-state index contributed by atoms with van der Waals surface area (Å²) in [6, 6.07) is 11.9. The summed E-state index contributed by atoms with van der Waals surface area (Å²) in [4.78, 5) is 20.6. The highest BCUT2D eigenvalue weighted by atomic mass is 32.1. The number of hydrogen-bond donors (Lipinski definition) is 1. The number of rotatable bonds is 4. The van der Waals surface area contributed by atoms with Gasteiger partial charge in [0.05, 0.1) is 18.6 Å². The van der Waals surface area contributed by atoms with Gasteiger partial charge in [0, 0.05) is 43.0 Å². The molecule has 1 N–H and O–H groups in total. The number of fused-ring (bicyclic) bond motifs is 2. The van der Waals surface area contributed by atoms with Crippen molar-refractivity contribution < 1.29 is 19.0 Å². The number of amides is 1. The average molecular weight is 494 g/mol. The Kier molecular flexibility index (Phi) is 5.46. The van der Waals surface area contributed by atoms with Crippen LogP contribution < -0.4 is 15.0 Å². The van der Waals surface area contributed by atoms with Crippen molar-refractivity contribution in [2.24, 2.45) is 5.41 Å². The molecule has 2 fully saturated rings. The summed E-state index contributed by atoms with van der Waals surface area (Å²) in [5, 5.41) is 11.2. The maximum Gasteiger partial charge on any atom is 0.232 e. The number of anilines is 2. The number of para-hydroxylation sites is 1. The third-order valence-electron chi connectivity index (χ3n) is 7.17. The second-order valence-electron chi connectivity index (χ2n) is 9.65. The van der Waals surface area contributed by atoms with Crippen LogP contribution in [0.3, 0.4) is 0 Å². The van der Waals surface area contributed by atoms with Gasteiger partial charge in [-0.15, -0.1) is 10.2 Å². The fraction of sp³-hybridized carbons (Fsp3) is 0.440. The van der Waals surface area contributed by atoms with Crippen LogP contribution in [0.2, 0.25) is 0 Å². The smallest absolute Gasteiger partial charge is 0.232 e. The van der Waals surface area contributed by atoms with Crippen LogP contribution in [0.5, 0.6) is 11.6 Å². The van der Waals surface area contributed by atoms with E-state index in [9.17, 15) is 4.79 Å². The van der Waals surface area contributed by atoms with E-state index in [0.717, 1.165) is 48.6 Å². The number of nitrogens with zero attached hydrogens (tertiary/aromatic N) is 4. The first kappa shape index (κ1) is 22.4. The van der Waals surface area contributed by atoms with Gasteiger partial charge in [-0.1, -0.05) is 43.4 Å². The molecular weight excluding hydrogens is 466 g/mol. The normalized spacial score (nSPS) is 20.7. The van der Waals surface area contributed by atoms with Crippen LogP contribution in [0.25, 0.3) is 0 Å². The Bertz CT molecular complexity index is 1230. The van der Waals surface area contributed by atoms with Gasteiger partial charge in [-0.2, -0.15) is 4.98 Å². The highest BCUT2D eigenvalue weighted by Crippen LogP contribution is 2.52. The predicted molar refractivity (Wildman–Crippen MR) is 131 cm³/mol. The van der Waals surface area contributed by atoms with Gasteiger partial charge < -0.3 is 24.4 Å². The molecule has 1 spiro atoms. The molecule has 0 bridgehead atoms. The lowest BCUT2D eigenvalue weighted by Crippen LogP contribution is -2.45. The molecule has 0 radical (unpaired) electrons. The van der Waals surface area contributed by atoms with Crippen molar-refractivity contribution >= 4 is 28.2 Å². The summed E-state index contributed by atoms with van der Waals surface area (Å²) in [5.41, 5.74) is 2.64. The van der Waals surface area contributed by atoms with Crippen molar-refractivity contribution in [1.82, 2.24) is 15.2 Å². The molecule has 3 aromatic rings.